The van der Waals surface area contributed by atoms with Gasteiger partial charge in [-0.3, -0.25) is 4.79 Å². The molecule has 0 unspecified atom stereocenters. The molecule has 1 amide bonds. The number of carbonyl (C=O) groups is 1. The van der Waals surface area contributed by atoms with E-state index in [1.807, 2.05) is 0 Å². The standard InChI is InChI=1S/C21H24Cl2N2O4S/c1-29-20-8-7-18(30(27,28)25-10-2-3-11-25)12-15(20)5-9-21(26)24-14-16-4-6-17(22)13-19(16)23/h4,6-8,12-13H,2-3,5,9-11,14H2,1H3,(H,24,26). The zero-order chi connectivity index (χ0) is 21.7. The van der Waals surface area contributed by atoms with Gasteiger partial charge in [-0.1, -0.05) is 29.3 Å². The first-order valence-corrected chi connectivity index (χ1v) is 11.9. The zero-order valence-corrected chi connectivity index (χ0v) is 19.0. The summed E-state index contributed by atoms with van der Waals surface area (Å²) in [5.41, 5.74) is 1.45. The average Bonchev–Trinajstić information content (AvgIpc) is 3.27. The fourth-order valence-corrected chi connectivity index (χ4v) is 5.43. The Morgan fingerprint density at radius 2 is 1.83 bits per heavy atom. The maximum Gasteiger partial charge on any atom is 0.243 e. The highest BCUT2D eigenvalue weighted by Crippen LogP contribution is 2.27. The second kappa shape index (κ2) is 10.0. The molecule has 9 heteroatoms. The number of hydrogen-bond donors (Lipinski definition) is 1. The Kier molecular flexibility index (Phi) is 7.63. The van der Waals surface area contributed by atoms with E-state index in [0.29, 0.717) is 40.9 Å². The van der Waals surface area contributed by atoms with Crippen molar-refractivity contribution in [2.75, 3.05) is 20.2 Å². The average molecular weight is 471 g/mol. The molecule has 2 aromatic rings. The van der Waals surface area contributed by atoms with Gasteiger partial charge in [-0.2, -0.15) is 4.31 Å². The van der Waals surface area contributed by atoms with Gasteiger partial charge >= 0.3 is 0 Å². The molecule has 2 aromatic carbocycles. The molecule has 162 valence electrons. The van der Waals surface area contributed by atoms with Gasteiger partial charge in [-0.25, -0.2) is 8.42 Å². The number of rotatable bonds is 8. The highest BCUT2D eigenvalue weighted by Gasteiger charge is 2.27. The maximum atomic E-state index is 12.8. The van der Waals surface area contributed by atoms with Gasteiger partial charge in [0.1, 0.15) is 5.75 Å². The monoisotopic (exact) mass is 470 g/mol. The number of benzene rings is 2. The SMILES string of the molecule is COc1ccc(S(=O)(=O)N2CCCC2)cc1CCC(=O)NCc1ccc(Cl)cc1Cl. The summed E-state index contributed by atoms with van der Waals surface area (Å²) in [7, 11) is -2.00. The molecule has 6 nitrogen and oxygen atoms in total. The Balaban J connectivity index is 1.65. The van der Waals surface area contributed by atoms with Crippen molar-refractivity contribution < 1.29 is 17.9 Å². The van der Waals surface area contributed by atoms with Gasteiger partial charge in [-0.15, -0.1) is 0 Å². The van der Waals surface area contributed by atoms with Crippen LogP contribution in [0.4, 0.5) is 0 Å². The van der Waals surface area contributed by atoms with Crippen LogP contribution >= 0.6 is 23.2 Å². The van der Waals surface area contributed by atoms with Crippen molar-refractivity contribution in [2.24, 2.45) is 0 Å². The molecule has 1 heterocycles. The third kappa shape index (κ3) is 5.46. The minimum absolute atomic E-state index is 0.170. The number of ether oxygens (including phenoxy) is 1. The number of sulfonamides is 1. The quantitative estimate of drug-likeness (QED) is 0.631. The van der Waals surface area contributed by atoms with Crippen LogP contribution in [0.2, 0.25) is 10.0 Å². The number of methoxy groups -OCH3 is 1. The molecule has 0 radical (unpaired) electrons. The van der Waals surface area contributed by atoms with Gasteiger partial charge in [0, 0.05) is 36.1 Å². The van der Waals surface area contributed by atoms with Crippen LogP contribution in [0.1, 0.15) is 30.4 Å². The first-order chi connectivity index (χ1) is 14.3. The number of carbonyl (C=O) groups excluding carboxylic acids is 1. The van der Waals surface area contributed by atoms with Crippen LogP contribution in [0.15, 0.2) is 41.3 Å². The summed E-state index contributed by atoms with van der Waals surface area (Å²) in [4.78, 5) is 12.5. The predicted octanol–water partition coefficient (Wildman–Crippen LogP) is 4.04. The second-order valence-corrected chi connectivity index (χ2v) is 9.88. The molecule has 30 heavy (non-hydrogen) atoms. The Hall–Kier alpha value is -1.80. The van der Waals surface area contributed by atoms with Gasteiger partial charge in [0.2, 0.25) is 15.9 Å². The number of nitrogens with zero attached hydrogens (tertiary/aromatic N) is 1. The fraction of sp³-hybridized carbons (Fsp3) is 0.381. The molecule has 1 aliphatic rings. The highest BCUT2D eigenvalue weighted by atomic mass is 35.5. The van der Waals surface area contributed by atoms with E-state index in [4.69, 9.17) is 27.9 Å². The molecule has 0 atom stereocenters. The molecule has 0 bridgehead atoms. The Morgan fingerprint density at radius 1 is 1.10 bits per heavy atom. The molecular weight excluding hydrogens is 447 g/mol. The van der Waals surface area contributed by atoms with E-state index in [0.717, 1.165) is 18.4 Å². The maximum absolute atomic E-state index is 12.8. The Morgan fingerprint density at radius 3 is 2.50 bits per heavy atom. The van der Waals surface area contributed by atoms with Crippen molar-refractivity contribution in [3.8, 4) is 5.75 Å². The summed E-state index contributed by atoms with van der Waals surface area (Å²) in [6.07, 6.45) is 2.29. The summed E-state index contributed by atoms with van der Waals surface area (Å²) >= 11 is 12.0. The zero-order valence-electron chi connectivity index (χ0n) is 16.7. The van der Waals surface area contributed by atoms with Crippen LogP contribution in [0.25, 0.3) is 0 Å². The predicted molar refractivity (Wildman–Crippen MR) is 118 cm³/mol. The Bertz CT molecular complexity index is 1020. The lowest BCUT2D eigenvalue weighted by atomic mass is 10.1. The van der Waals surface area contributed by atoms with Crippen LogP contribution in [0.3, 0.4) is 0 Å². The summed E-state index contributed by atoms with van der Waals surface area (Å²) in [6.45, 7) is 1.37. The minimum atomic E-state index is -3.53. The van der Waals surface area contributed by atoms with Crippen LogP contribution in [0.5, 0.6) is 5.75 Å². The largest absolute Gasteiger partial charge is 0.496 e. The van der Waals surface area contributed by atoms with Gasteiger partial charge in [0.15, 0.2) is 0 Å². The lowest BCUT2D eigenvalue weighted by Crippen LogP contribution is -2.28. The number of aryl methyl sites for hydroxylation is 1. The summed E-state index contributed by atoms with van der Waals surface area (Å²) in [5.74, 6) is 0.389. The molecule has 1 saturated heterocycles. The normalized spacial score (nSPS) is 14.6. The van der Waals surface area contributed by atoms with E-state index in [1.165, 1.54) is 11.4 Å². The number of amides is 1. The van der Waals surface area contributed by atoms with Crippen molar-refractivity contribution in [1.29, 1.82) is 0 Å². The third-order valence-corrected chi connectivity index (χ3v) is 7.55. The topological polar surface area (TPSA) is 75.7 Å². The van der Waals surface area contributed by atoms with Gasteiger partial charge in [0.05, 0.1) is 12.0 Å². The van der Waals surface area contributed by atoms with Crippen LogP contribution < -0.4 is 10.1 Å². The smallest absolute Gasteiger partial charge is 0.243 e. The van der Waals surface area contributed by atoms with Crippen LogP contribution in [-0.2, 0) is 27.8 Å². The molecule has 0 aliphatic carbocycles. The van der Waals surface area contributed by atoms with E-state index < -0.39 is 10.0 Å². The van der Waals surface area contributed by atoms with E-state index >= 15 is 0 Å². The van der Waals surface area contributed by atoms with Crippen molar-refractivity contribution in [1.82, 2.24) is 9.62 Å². The molecule has 3 rings (SSSR count). The first kappa shape index (κ1) is 22.9. The minimum Gasteiger partial charge on any atom is -0.496 e. The fourth-order valence-electron chi connectivity index (χ4n) is 3.38. The first-order valence-electron chi connectivity index (χ1n) is 9.69. The lowest BCUT2D eigenvalue weighted by molar-refractivity contribution is -0.121. The van der Waals surface area contributed by atoms with Crippen molar-refractivity contribution in [3.05, 3.63) is 57.6 Å². The summed E-state index contributed by atoms with van der Waals surface area (Å²) in [5, 5.41) is 3.85. The molecule has 0 saturated carbocycles. The van der Waals surface area contributed by atoms with Gasteiger partial charge in [0.25, 0.3) is 0 Å². The molecule has 0 spiro atoms. The summed E-state index contributed by atoms with van der Waals surface area (Å²) < 4.78 is 32.5. The van der Waals surface area contributed by atoms with Crippen molar-refractivity contribution in [3.63, 3.8) is 0 Å². The molecule has 0 aromatic heterocycles. The molecular formula is C21H24Cl2N2O4S. The molecule has 1 N–H and O–H groups in total. The molecule has 1 aliphatic heterocycles. The molecule has 1 fully saturated rings. The van der Waals surface area contributed by atoms with E-state index in [9.17, 15) is 13.2 Å². The van der Waals surface area contributed by atoms with Crippen LogP contribution in [0, 0.1) is 0 Å². The lowest BCUT2D eigenvalue weighted by Gasteiger charge is -2.17. The van der Waals surface area contributed by atoms with Crippen molar-refractivity contribution >= 4 is 39.1 Å². The third-order valence-electron chi connectivity index (χ3n) is 5.07. The second-order valence-electron chi connectivity index (χ2n) is 7.10. The van der Waals surface area contributed by atoms with E-state index in [2.05, 4.69) is 5.32 Å². The van der Waals surface area contributed by atoms with Crippen LogP contribution in [-0.4, -0.2) is 38.8 Å². The Labute approximate surface area is 187 Å². The highest BCUT2D eigenvalue weighted by molar-refractivity contribution is 7.89. The van der Waals surface area contributed by atoms with Gasteiger partial charge < -0.3 is 10.1 Å². The van der Waals surface area contributed by atoms with E-state index in [-0.39, 0.29) is 23.8 Å². The van der Waals surface area contributed by atoms with Crippen molar-refractivity contribution in [2.45, 2.75) is 37.1 Å². The van der Waals surface area contributed by atoms with E-state index in [1.54, 1.807) is 36.4 Å². The summed E-state index contributed by atoms with van der Waals surface area (Å²) in [6, 6.07) is 9.91. The van der Waals surface area contributed by atoms with Gasteiger partial charge in [-0.05, 0) is 60.7 Å². The number of hydrogen-bond acceptors (Lipinski definition) is 4. The number of halogens is 2. The number of nitrogens with one attached hydrogen (secondary N) is 1.